The highest BCUT2D eigenvalue weighted by Crippen LogP contribution is 2.33. The van der Waals surface area contributed by atoms with Gasteiger partial charge in [-0.2, -0.15) is 13.2 Å². The molecular weight excluding hydrogens is 398 g/mol. The number of nitrogens with two attached hydrogens (primary N) is 1. The molecule has 0 aliphatic carbocycles. The average molecular weight is 414 g/mol. The van der Waals surface area contributed by atoms with E-state index in [1.165, 1.54) is 11.3 Å². The van der Waals surface area contributed by atoms with Crippen LogP contribution in [0.25, 0.3) is 0 Å². The second kappa shape index (κ2) is 7.94. The number of halogens is 5. The van der Waals surface area contributed by atoms with Gasteiger partial charge in [0.05, 0.1) is 10.6 Å². The average Bonchev–Trinajstić information content (AvgIpc) is 2.92. The predicted molar refractivity (Wildman–Crippen MR) is 95.5 cm³/mol. The number of thiazole rings is 1. The first-order chi connectivity index (χ1) is 11.3. The highest BCUT2D eigenvalue weighted by atomic mass is 35.5. The number of hydrogen-bond acceptors (Lipinski definition) is 6. The molecule has 0 amide bonds. The number of nitrogens with zero attached hydrogens (tertiary/aromatic N) is 4. The van der Waals surface area contributed by atoms with Gasteiger partial charge in [-0.05, 0) is 6.07 Å². The van der Waals surface area contributed by atoms with E-state index in [9.17, 15) is 13.2 Å². The molecule has 2 N–H and O–H groups in total. The molecule has 25 heavy (non-hydrogen) atoms. The molecule has 3 rings (SSSR count). The highest BCUT2D eigenvalue weighted by Gasteiger charge is 2.32. The third-order valence-corrected chi connectivity index (χ3v) is 4.86. The van der Waals surface area contributed by atoms with Gasteiger partial charge in [0.1, 0.15) is 5.82 Å². The molecule has 0 radical (unpaired) electrons. The number of pyridine rings is 1. The summed E-state index contributed by atoms with van der Waals surface area (Å²) in [7, 11) is 0. The first-order valence-corrected chi connectivity index (χ1v) is 8.42. The molecule has 1 saturated heterocycles. The number of hydrogen-bond donors (Lipinski definition) is 1. The van der Waals surface area contributed by atoms with Crippen LogP contribution in [0.1, 0.15) is 10.4 Å². The molecule has 0 spiro atoms. The van der Waals surface area contributed by atoms with Crippen molar-refractivity contribution in [1.82, 2.24) is 14.9 Å². The fourth-order valence-electron chi connectivity index (χ4n) is 2.55. The molecule has 0 unspecified atom stereocenters. The number of nitrogen functional groups attached to an aromatic ring is 1. The zero-order valence-corrected chi connectivity index (χ0v) is 15.4. The summed E-state index contributed by atoms with van der Waals surface area (Å²) in [6, 6.07) is 0.927. The van der Waals surface area contributed by atoms with E-state index in [0.29, 0.717) is 24.0 Å². The Hall–Kier alpha value is -1.29. The molecule has 2 aromatic heterocycles. The van der Waals surface area contributed by atoms with Gasteiger partial charge in [0.25, 0.3) is 0 Å². The smallest absolute Gasteiger partial charge is 0.375 e. The summed E-state index contributed by atoms with van der Waals surface area (Å²) in [4.78, 5) is 13.2. The van der Waals surface area contributed by atoms with Crippen LogP contribution >= 0.6 is 35.3 Å². The third kappa shape index (κ3) is 4.87. The number of anilines is 2. The minimum atomic E-state index is -4.44. The first-order valence-electron chi connectivity index (χ1n) is 7.23. The van der Waals surface area contributed by atoms with Crippen LogP contribution < -0.4 is 10.6 Å². The van der Waals surface area contributed by atoms with Crippen molar-refractivity contribution in [2.45, 2.75) is 12.7 Å². The van der Waals surface area contributed by atoms with Crippen molar-refractivity contribution in [3.05, 3.63) is 33.9 Å². The Morgan fingerprint density at radius 2 is 1.84 bits per heavy atom. The van der Waals surface area contributed by atoms with E-state index in [2.05, 4.69) is 14.9 Å². The summed E-state index contributed by atoms with van der Waals surface area (Å²) in [5.74, 6) is 0.395. The van der Waals surface area contributed by atoms with Crippen LogP contribution in [-0.2, 0) is 12.7 Å². The lowest BCUT2D eigenvalue weighted by Gasteiger charge is -2.35. The summed E-state index contributed by atoms with van der Waals surface area (Å²) in [6.07, 6.45) is -1.85. The minimum Gasteiger partial charge on any atom is -0.375 e. The maximum absolute atomic E-state index is 12.7. The van der Waals surface area contributed by atoms with E-state index in [1.54, 1.807) is 6.20 Å². The summed E-state index contributed by atoms with van der Waals surface area (Å²) >= 11 is 7.46. The van der Waals surface area contributed by atoms with Crippen molar-refractivity contribution >= 4 is 46.3 Å². The molecule has 11 heteroatoms. The van der Waals surface area contributed by atoms with Gasteiger partial charge in [0, 0.05) is 50.0 Å². The molecule has 1 fully saturated rings. The molecule has 1 aliphatic rings. The van der Waals surface area contributed by atoms with E-state index < -0.39 is 11.7 Å². The Morgan fingerprint density at radius 1 is 1.16 bits per heavy atom. The zero-order chi connectivity index (χ0) is 17.3. The fourth-order valence-corrected chi connectivity index (χ4v) is 3.56. The number of rotatable bonds is 3. The Kier molecular flexibility index (Phi) is 6.36. The molecule has 0 saturated carbocycles. The quantitative estimate of drug-likeness (QED) is 0.833. The summed E-state index contributed by atoms with van der Waals surface area (Å²) < 4.78 is 38.0. The van der Waals surface area contributed by atoms with Crippen molar-refractivity contribution in [3.8, 4) is 0 Å². The highest BCUT2D eigenvalue weighted by molar-refractivity contribution is 7.15. The van der Waals surface area contributed by atoms with Crippen LogP contribution in [0.15, 0.2) is 18.5 Å². The summed E-state index contributed by atoms with van der Waals surface area (Å²) in [5.41, 5.74) is 4.78. The van der Waals surface area contributed by atoms with Gasteiger partial charge >= 0.3 is 6.18 Å². The maximum Gasteiger partial charge on any atom is 0.417 e. The Morgan fingerprint density at radius 3 is 2.36 bits per heavy atom. The van der Waals surface area contributed by atoms with E-state index in [-0.39, 0.29) is 17.4 Å². The van der Waals surface area contributed by atoms with Crippen molar-refractivity contribution in [3.63, 3.8) is 0 Å². The third-order valence-electron chi connectivity index (χ3n) is 3.77. The second-order valence-electron chi connectivity index (χ2n) is 5.46. The molecule has 0 atom stereocenters. The van der Waals surface area contributed by atoms with E-state index in [4.69, 9.17) is 17.3 Å². The lowest BCUT2D eigenvalue weighted by atomic mass is 10.2. The summed E-state index contributed by atoms with van der Waals surface area (Å²) in [6.45, 7) is 3.57. The predicted octanol–water partition coefficient (Wildman–Crippen LogP) is 3.54. The molecule has 0 aromatic carbocycles. The topological polar surface area (TPSA) is 58.3 Å². The Balaban J connectivity index is 0.00000225. The van der Waals surface area contributed by atoms with Gasteiger partial charge in [0.2, 0.25) is 0 Å². The maximum atomic E-state index is 12.7. The molecule has 2 aromatic rings. The first kappa shape index (κ1) is 20.0. The van der Waals surface area contributed by atoms with Crippen molar-refractivity contribution in [2.24, 2.45) is 0 Å². The van der Waals surface area contributed by atoms with Gasteiger partial charge in [-0.25, -0.2) is 9.97 Å². The van der Waals surface area contributed by atoms with E-state index in [1.807, 2.05) is 4.90 Å². The van der Waals surface area contributed by atoms with Crippen LogP contribution in [0.2, 0.25) is 5.02 Å². The van der Waals surface area contributed by atoms with Gasteiger partial charge in [-0.3, -0.25) is 4.90 Å². The van der Waals surface area contributed by atoms with Crippen molar-refractivity contribution in [2.75, 3.05) is 36.8 Å². The van der Waals surface area contributed by atoms with Gasteiger partial charge in [0.15, 0.2) is 5.13 Å². The van der Waals surface area contributed by atoms with Gasteiger partial charge in [-0.15, -0.1) is 23.7 Å². The monoisotopic (exact) mass is 413 g/mol. The molecule has 5 nitrogen and oxygen atoms in total. The van der Waals surface area contributed by atoms with Crippen molar-refractivity contribution < 1.29 is 13.2 Å². The van der Waals surface area contributed by atoms with E-state index >= 15 is 0 Å². The van der Waals surface area contributed by atoms with Crippen LogP contribution in [-0.4, -0.2) is 41.0 Å². The van der Waals surface area contributed by atoms with Crippen LogP contribution in [0.5, 0.6) is 0 Å². The summed E-state index contributed by atoms with van der Waals surface area (Å²) in [5, 5.41) is 0.567. The lowest BCUT2D eigenvalue weighted by molar-refractivity contribution is -0.137. The number of piperazine rings is 1. The van der Waals surface area contributed by atoms with Crippen LogP contribution in [0, 0.1) is 0 Å². The fraction of sp³-hybridized carbons (Fsp3) is 0.429. The molecule has 1 aliphatic heterocycles. The lowest BCUT2D eigenvalue weighted by Crippen LogP contribution is -2.46. The second-order valence-corrected chi connectivity index (χ2v) is 7.01. The van der Waals surface area contributed by atoms with E-state index in [0.717, 1.165) is 36.8 Å². The Bertz CT molecular complexity index is 717. The normalized spacial score (nSPS) is 15.9. The zero-order valence-electron chi connectivity index (χ0n) is 13.0. The number of aromatic nitrogens is 2. The van der Waals surface area contributed by atoms with Crippen LogP contribution in [0.4, 0.5) is 24.1 Å². The minimum absolute atomic E-state index is 0. The van der Waals surface area contributed by atoms with Crippen molar-refractivity contribution in [1.29, 1.82) is 0 Å². The molecule has 3 heterocycles. The molecule has 0 bridgehead atoms. The standard InChI is InChI=1S/C14H15ClF3N5S.ClH/c15-11-5-9(14(16,17)18)6-20-12(11)23-3-1-22(2-4-23)8-10-7-21-13(19)24-10;/h5-7H,1-4,8H2,(H2,19,21);1H. The van der Waals surface area contributed by atoms with Gasteiger partial charge in [-0.1, -0.05) is 11.6 Å². The largest absolute Gasteiger partial charge is 0.417 e. The van der Waals surface area contributed by atoms with Gasteiger partial charge < -0.3 is 10.6 Å². The molecular formula is C14H16Cl2F3N5S. The number of alkyl halides is 3. The molecule has 138 valence electrons. The Labute approximate surface area is 158 Å². The van der Waals surface area contributed by atoms with Crippen LogP contribution in [0.3, 0.4) is 0 Å². The SMILES string of the molecule is Cl.Nc1ncc(CN2CCN(c3ncc(C(F)(F)F)cc3Cl)CC2)s1.